The highest BCUT2D eigenvalue weighted by Gasteiger charge is 2.75. The van der Waals surface area contributed by atoms with Crippen LogP contribution in [0.4, 0.5) is 4.39 Å². The molecule has 216 valence electrons. The second-order valence-corrected chi connectivity index (χ2v) is 13.6. The fourth-order valence-electron chi connectivity index (χ4n) is 8.25. The average molecular weight is 577 g/mol. The maximum Gasteiger partial charge on any atom is 0.338 e. The topological polar surface area (TPSA) is 155 Å². The van der Waals surface area contributed by atoms with Crippen molar-refractivity contribution in [2.24, 2.45) is 28.6 Å². The third-order valence-corrected chi connectivity index (χ3v) is 11.2. The van der Waals surface area contributed by atoms with Crippen LogP contribution in [-0.2, 0) is 24.4 Å². The number of hydrogen-bond donors (Lipinski definition) is 3. The Morgan fingerprint density at radius 2 is 1.90 bits per heavy atom. The van der Waals surface area contributed by atoms with Crippen LogP contribution in [0.5, 0.6) is 0 Å². The van der Waals surface area contributed by atoms with Gasteiger partial charge in [0, 0.05) is 16.7 Å². The van der Waals surface area contributed by atoms with Crippen molar-refractivity contribution in [2.75, 3.05) is 6.61 Å². The van der Waals surface area contributed by atoms with E-state index in [2.05, 4.69) is 0 Å². The summed E-state index contributed by atoms with van der Waals surface area (Å²) in [5.74, 6) is -3.86. The van der Waals surface area contributed by atoms with Gasteiger partial charge in [0.1, 0.15) is 5.60 Å². The minimum atomic E-state index is -4.57. The number of carbonyl (C=O) groups is 3. The molecule has 0 aliphatic heterocycles. The molecule has 8 atom stereocenters. The highest BCUT2D eigenvalue weighted by atomic mass is 32.2. The minimum absolute atomic E-state index is 0.216. The summed E-state index contributed by atoms with van der Waals surface area (Å²) >= 11 is 0. The zero-order valence-corrected chi connectivity index (χ0v) is 23.3. The van der Waals surface area contributed by atoms with E-state index in [1.807, 2.05) is 0 Å². The Balaban J connectivity index is 1.41. The molecule has 0 aromatic heterocycles. The van der Waals surface area contributed by atoms with E-state index in [1.54, 1.807) is 20.8 Å². The van der Waals surface area contributed by atoms with Crippen molar-refractivity contribution in [3.8, 4) is 0 Å². The van der Waals surface area contributed by atoms with Crippen LogP contribution in [0.2, 0.25) is 0 Å². The van der Waals surface area contributed by atoms with Crippen LogP contribution in [0, 0.1) is 28.6 Å². The number of esters is 1. The van der Waals surface area contributed by atoms with E-state index in [9.17, 15) is 37.6 Å². The van der Waals surface area contributed by atoms with Crippen LogP contribution < -0.4 is 0 Å². The van der Waals surface area contributed by atoms with Crippen molar-refractivity contribution in [2.45, 2.75) is 68.7 Å². The van der Waals surface area contributed by atoms with Crippen molar-refractivity contribution in [1.29, 1.82) is 0 Å². The number of alkyl halides is 1. The summed E-state index contributed by atoms with van der Waals surface area (Å²) in [6, 6.07) is 4.48. The lowest BCUT2D eigenvalue weighted by Gasteiger charge is -2.62. The molecule has 0 amide bonds. The van der Waals surface area contributed by atoms with Gasteiger partial charge >= 0.3 is 5.97 Å². The average Bonchev–Trinajstić information content (AvgIpc) is 3.09. The van der Waals surface area contributed by atoms with Gasteiger partial charge < -0.3 is 14.9 Å². The normalized spacial score (nSPS) is 40.5. The number of aliphatic hydroxyl groups excluding tert-OH is 1. The van der Waals surface area contributed by atoms with E-state index >= 15 is 4.39 Å². The second-order valence-electron chi connectivity index (χ2n) is 12.2. The molecule has 1 aromatic rings. The van der Waals surface area contributed by atoms with Gasteiger partial charge in [0.15, 0.2) is 18.1 Å². The van der Waals surface area contributed by atoms with Crippen LogP contribution in [-0.4, -0.2) is 64.7 Å². The van der Waals surface area contributed by atoms with Gasteiger partial charge in [-0.05, 0) is 74.8 Å². The molecular weight excluding hydrogens is 543 g/mol. The SMILES string of the molecule is C[C@@H]1C[C@@H]2[C@H]3CCC4=CC(=O)C=C[C@]4(C)[C@]3(F)[C@@H](O)C[C@@]2(C)[C@]1(O)C(=O)COC(=O)c1cccc(S(=O)(=O)O)c1. The third kappa shape index (κ3) is 3.81. The summed E-state index contributed by atoms with van der Waals surface area (Å²) in [6.45, 7) is 4.22. The van der Waals surface area contributed by atoms with E-state index < -0.39 is 79.3 Å². The van der Waals surface area contributed by atoms with Crippen LogP contribution in [0.1, 0.15) is 56.8 Å². The number of benzene rings is 1. The fourth-order valence-corrected chi connectivity index (χ4v) is 8.77. The molecule has 0 heterocycles. The Labute approximate surface area is 231 Å². The van der Waals surface area contributed by atoms with Crippen molar-refractivity contribution >= 4 is 27.7 Å². The lowest BCUT2D eigenvalue weighted by molar-refractivity contribution is -0.219. The monoisotopic (exact) mass is 576 g/mol. The summed E-state index contributed by atoms with van der Waals surface area (Å²) in [7, 11) is -4.57. The highest BCUT2D eigenvalue weighted by Crippen LogP contribution is 2.70. The number of hydrogen-bond acceptors (Lipinski definition) is 8. The van der Waals surface area contributed by atoms with Crippen molar-refractivity contribution in [3.05, 3.63) is 53.6 Å². The molecule has 4 aliphatic carbocycles. The number of allylic oxidation sites excluding steroid dienone is 4. The van der Waals surface area contributed by atoms with Gasteiger partial charge in [-0.3, -0.25) is 14.1 Å². The first kappa shape index (κ1) is 28.8. The van der Waals surface area contributed by atoms with E-state index in [0.717, 1.165) is 12.1 Å². The highest BCUT2D eigenvalue weighted by molar-refractivity contribution is 7.85. The Morgan fingerprint density at radius 3 is 2.58 bits per heavy atom. The summed E-state index contributed by atoms with van der Waals surface area (Å²) in [5, 5.41) is 23.4. The summed E-state index contributed by atoms with van der Waals surface area (Å²) < 4.78 is 54.4. The van der Waals surface area contributed by atoms with E-state index in [4.69, 9.17) is 4.74 Å². The maximum absolute atomic E-state index is 17.3. The molecule has 3 fully saturated rings. The van der Waals surface area contributed by atoms with Gasteiger partial charge in [-0.2, -0.15) is 8.42 Å². The molecule has 0 spiro atoms. The summed E-state index contributed by atoms with van der Waals surface area (Å²) in [5.41, 5.74) is -6.17. The minimum Gasteiger partial charge on any atom is -0.454 e. The molecule has 9 nitrogen and oxygen atoms in total. The number of rotatable bonds is 5. The molecule has 11 heteroatoms. The van der Waals surface area contributed by atoms with Gasteiger partial charge in [-0.15, -0.1) is 0 Å². The zero-order chi connectivity index (χ0) is 29.5. The number of ether oxygens (including phenoxy) is 1. The van der Waals surface area contributed by atoms with Crippen LogP contribution >= 0.6 is 0 Å². The predicted octanol–water partition coefficient (Wildman–Crippen LogP) is 3.01. The Kier molecular flexibility index (Phi) is 6.58. The molecule has 3 N–H and O–H groups in total. The molecule has 3 saturated carbocycles. The third-order valence-electron chi connectivity index (χ3n) is 10.3. The molecule has 0 unspecified atom stereocenters. The van der Waals surface area contributed by atoms with Gasteiger partial charge in [-0.25, -0.2) is 9.18 Å². The van der Waals surface area contributed by atoms with Crippen LogP contribution in [0.15, 0.2) is 53.0 Å². The first-order chi connectivity index (χ1) is 18.5. The largest absolute Gasteiger partial charge is 0.454 e. The fraction of sp³-hybridized carbons (Fsp3) is 0.552. The van der Waals surface area contributed by atoms with Gasteiger partial charge in [-0.1, -0.05) is 31.6 Å². The van der Waals surface area contributed by atoms with Gasteiger partial charge in [0.25, 0.3) is 10.1 Å². The van der Waals surface area contributed by atoms with Crippen molar-refractivity contribution in [1.82, 2.24) is 0 Å². The number of ketones is 2. The van der Waals surface area contributed by atoms with Crippen molar-refractivity contribution in [3.63, 3.8) is 0 Å². The molecule has 1 aromatic carbocycles. The summed E-state index contributed by atoms with van der Waals surface area (Å²) in [6.07, 6.45) is 3.64. The van der Waals surface area contributed by atoms with Crippen molar-refractivity contribution < 1.29 is 46.7 Å². The number of halogens is 1. The second kappa shape index (κ2) is 9.14. The number of aliphatic hydroxyl groups is 2. The van der Waals surface area contributed by atoms with E-state index in [0.29, 0.717) is 24.8 Å². The van der Waals surface area contributed by atoms with Crippen LogP contribution in [0.25, 0.3) is 0 Å². The Morgan fingerprint density at radius 1 is 1.20 bits per heavy atom. The molecule has 5 rings (SSSR count). The van der Waals surface area contributed by atoms with E-state index in [-0.39, 0.29) is 17.8 Å². The molecule has 4 aliphatic rings. The molecule has 40 heavy (non-hydrogen) atoms. The number of fused-ring (bicyclic) bond motifs is 5. The molecular formula is C29H33FO9S. The number of carbonyl (C=O) groups excluding carboxylic acids is 3. The first-order valence-corrected chi connectivity index (χ1v) is 14.8. The predicted molar refractivity (Wildman–Crippen MR) is 139 cm³/mol. The Hall–Kier alpha value is -2.73. The molecule has 0 bridgehead atoms. The van der Waals surface area contributed by atoms with Crippen LogP contribution in [0.3, 0.4) is 0 Å². The standard InChI is InChI=1S/C29H33FO9S/c1-16-11-22-21-8-7-18-13-19(31)9-10-26(18,2)28(21,30)23(32)14-27(22,3)29(16,35)24(33)15-39-25(34)17-5-4-6-20(12-17)40(36,37)38/h4-6,9-10,12-13,16,21-23,32,35H,7-8,11,14-15H2,1-3H3,(H,36,37,38)/t16-,21-,22-,23+,26+,27-,28-,29-/m1/s1. The zero-order valence-electron chi connectivity index (χ0n) is 22.5. The molecule has 0 radical (unpaired) electrons. The quantitative estimate of drug-likeness (QED) is 0.354. The smallest absolute Gasteiger partial charge is 0.338 e. The first-order valence-electron chi connectivity index (χ1n) is 13.3. The summed E-state index contributed by atoms with van der Waals surface area (Å²) in [4.78, 5) is 37.7. The number of Topliss-reactive ketones (excluding diaryl/α,β-unsaturated/α-hetero) is 1. The van der Waals surface area contributed by atoms with Gasteiger partial charge in [0.05, 0.1) is 16.6 Å². The van der Waals surface area contributed by atoms with Gasteiger partial charge in [0.2, 0.25) is 5.78 Å². The maximum atomic E-state index is 17.3. The lowest BCUT2D eigenvalue weighted by Crippen LogP contribution is -2.69. The molecule has 0 saturated heterocycles. The lowest BCUT2D eigenvalue weighted by atomic mass is 9.44. The van der Waals surface area contributed by atoms with E-state index in [1.165, 1.54) is 30.4 Å². The Bertz CT molecular complexity index is 1470.